The van der Waals surface area contributed by atoms with Crippen molar-refractivity contribution in [1.29, 1.82) is 0 Å². The maximum absolute atomic E-state index is 13.7. The van der Waals surface area contributed by atoms with Gasteiger partial charge in [0.05, 0.1) is 18.2 Å². The molecule has 27 heavy (non-hydrogen) atoms. The molecule has 2 fully saturated rings. The van der Waals surface area contributed by atoms with Crippen LogP contribution in [0.25, 0.3) is 0 Å². The molecule has 1 aromatic carbocycles. The van der Waals surface area contributed by atoms with E-state index in [1.165, 1.54) is 7.11 Å². The van der Waals surface area contributed by atoms with Crippen molar-refractivity contribution in [1.82, 2.24) is 10.2 Å². The maximum Gasteiger partial charge on any atom is 0.407 e. The van der Waals surface area contributed by atoms with Crippen LogP contribution in [0, 0.1) is 0 Å². The lowest BCUT2D eigenvalue weighted by molar-refractivity contribution is -0.136. The van der Waals surface area contributed by atoms with Crippen molar-refractivity contribution < 1.29 is 33.0 Å². The number of esters is 1. The number of nitrogens with zero attached hydrogens (tertiary/aromatic N) is 1. The van der Waals surface area contributed by atoms with Crippen molar-refractivity contribution in [3.63, 3.8) is 0 Å². The lowest BCUT2D eigenvalue weighted by Crippen LogP contribution is -2.57. The smallest absolute Gasteiger partial charge is 0.407 e. The number of nitrogens with one attached hydrogen (secondary N) is 1. The molecule has 1 saturated carbocycles. The summed E-state index contributed by atoms with van der Waals surface area (Å²) < 4.78 is 32.1. The number of methoxy groups -OCH3 is 1. The first-order valence-corrected chi connectivity index (χ1v) is 8.56. The first-order chi connectivity index (χ1) is 12.7. The molecule has 146 valence electrons. The van der Waals surface area contributed by atoms with Crippen molar-refractivity contribution in [2.24, 2.45) is 0 Å². The molecule has 0 spiro atoms. The topological polar surface area (TPSA) is 95.9 Å². The number of piperidine rings is 1. The molecule has 9 heteroatoms. The number of benzene rings is 1. The van der Waals surface area contributed by atoms with E-state index in [-0.39, 0.29) is 6.54 Å². The number of hydrogen-bond acceptors (Lipinski definition) is 4. The van der Waals surface area contributed by atoms with Gasteiger partial charge in [-0.15, -0.1) is 0 Å². The van der Waals surface area contributed by atoms with Gasteiger partial charge in [-0.1, -0.05) is 12.1 Å². The van der Waals surface area contributed by atoms with E-state index in [2.05, 4.69) is 10.1 Å². The van der Waals surface area contributed by atoms with Gasteiger partial charge in [0.2, 0.25) is 5.91 Å². The van der Waals surface area contributed by atoms with Gasteiger partial charge in [0.1, 0.15) is 6.04 Å². The Hall–Kier alpha value is -2.71. The molecule has 7 nitrogen and oxygen atoms in total. The highest BCUT2D eigenvalue weighted by Crippen LogP contribution is 2.46. The van der Waals surface area contributed by atoms with Crippen LogP contribution in [0.4, 0.5) is 13.6 Å². The van der Waals surface area contributed by atoms with Crippen LogP contribution in [-0.2, 0) is 15.1 Å². The molecule has 0 radical (unpaired) electrons. The zero-order valence-electron chi connectivity index (χ0n) is 14.7. The largest absolute Gasteiger partial charge is 0.465 e. The minimum atomic E-state index is -3.08. The van der Waals surface area contributed by atoms with E-state index in [4.69, 9.17) is 0 Å². The van der Waals surface area contributed by atoms with Crippen molar-refractivity contribution in [2.45, 2.75) is 43.2 Å². The van der Waals surface area contributed by atoms with E-state index in [0.29, 0.717) is 18.4 Å². The van der Waals surface area contributed by atoms with Crippen LogP contribution in [0.15, 0.2) is 24.3 Å². The molecule has 2 aliphatic rings. The fraction of sp³-hybridized carbons (Fsp3) is 0.500. The maximum atomic E-state index is 13.7. The van der Waals surface area contributed by atoms with Gasteiger partial charge in [0.25, 0.3) is 5.92 Å². The monoisotopic (exact) mass is 382 g/mol. The van der Waals surface area contributed by atoms with Crippen molar-refractivity contribution in [3.05, 3.63) is 35.4 Å². The summed E-state index contributed by atoms with van der Waals surface area (Å²) in [6.45, 7) is -0.388. The van der Waals surface area contributed by atoms with Crippen LogP contribution in [0.3, 0.4) is 0 Å². The van der Waals surface area contributed by atoms with Crippen molar-refractivity contribution in [2.75, 3.05) is 13.7 Å². The normalized spacial score (nSPS) is 22.6. The third kappa shape index (κ3) is 3.86. The van der Waals surface area contributed by atoms with Crippen LogP contribution in [-0.4, -0.2) is 53.6 Å². The van der Waals surface area contributed by atoms with Gasteiger partial charge in [-0.3, -0.25) is 9.69 Å². The minimum Gasteiger partial charge on any atom is -0.465 e. The number of likely N-dealkylation sites (tertiary alicyclic amines) is 1. The van der Waals surface area contributed by atoms with Gasteiger partial charge >= 0.3 is 12.1 Å². The van der Waals surface area contributed by atoms with Crippen LogP contribution in [0.5, 0.6) is 0 Å². The summed E-state index contributed by atoms with van der Waals surface area (Å²) in [6, 6.07) is 5.03. The Kier molecular flexibility index (Phi) is 4.79. The van der Waals surface area contributed by atoms with Gasteiger partial charge in [-0.05, 0) is 30.5 Å². The minimum absolute atomic E-state index is 0.354. The second-order valence-corrected chi connectivity index (χ2v) is 6.94. The summed E-state index contributed by atoms with van der Waals surface area (Å²) >= 11 is 0. The molecule has 1 aliphatic carbocycles. The molecule has 3 rings (SSSR count). The summed E-state index contributed by atoms with van der Waals surface area (Å²) in [5, 5.41) is 12.0. The second kappa shape index (κ2) is 6.79. The number of carbonyl (C=O) groups is 3. The fourth-order valence-corrected chi connectivity index (χ4v) is 3.37. The quantitative estimate of drug-likeness (QED) is 0.780. The first-order valence-electron chi connectivity index (χ1n) is 8.56. The van der Waals surface area contributed by atoms with E-state index >= 15 is 0 Å². The number of halogens is 2. The SMILES string of the molecule is COC(=O)c1ccc(C2(NC(=O)C3CC(F)(F)CCN3C(=O)O)CC2)cc1. The zero-order chi connectivity index (χ0) is 19.8. The molecule has 1 saturated heterocycles. The third-order valence-corrected chi connectivity index (χ3v) is 5.11. The lowest BCUT2D eigenvalue weighted by Gasteiger charge is -2.37. The van der Waals surface area contributed by atoms with Crippen molar-refractivity contribution >= 4 is 18.0 Å². The molecule has 1 aliphatic heterocycles. The average Bonchev–Trinajstić information content (AvgIpc) is 3.40. The molecule has 1 aromatic rings. The van der Waals surface area contributed by atoms with E-state index in [9.17, 15) is 28.3 Å². The Labute approximate surface area is 154 Å². The summed E-state index contributed by atoms with van der Waals surface area (Å²) in [4.78, 5) is 36.2. The number of alkyl halides is 2. The Bertz CT molecular complexity index is 762. The van der Waals surface area contributed by atoms with Crippen molar-refractivity contribution in [3.8, 4) is 0 Å². The van der Waals surface area contributed by atoms with Crippen LogP contribution < -0.4 is 5.32 Å². The van der Waals surface area contributed by atoms with Crippen LogP contribution in [0.1, 0.15) is 41.6 Å². The molecular weight excluding hydrogens is 362 g/mol. The molecular formula is C18H20F2N2O5. The van der Waals surface area contributed by atoms with Crippen LogP contribution >= 0.6 is 0 Å². The number of amides is 2. The second-order valence-electron chi connectivity index (χ2n) is 6.94. The number of rotatable bonds is 4. The Balaban J connectivity index is 1.76. The predicted molar refractivity (Wildman–Crippen MR) is 89.5 cm³/mol. The predicted octanol–water partition coefficient (Wildman–Crippen LogP) is 2.36. The summed E-state index contributed by atoms with van der Waals surface area (Å²) in [7, 11) is 1.27. The van der Waals surface area contributed by atoms with E-state index in [1.54, 1.807) is 24.3 Å². The summed E-state index contributed by atoms with van der Waals surface area (Å²) in [6.07, 6.45) is -1.61. The molecule has 0 aromatic heterocycles. The van der Waals surface area contributed by atoms with E-state index in [1.807, 2.05) is 0 Å². The third-order valence-electron chi connectivity index (χ3n) is 5.11. The highest BCUT2D eigenvalue weighted by Gasteiger charge is 2.50. The molecule has 1 heterocycles. The number of carboxylic acid groups (broad SMARTS) is 1. The molecule has 1 unspecified atom stereocenters. The van der Waals surface area contributed by atoms with E-state index < -0.39 is 48.3 Å². The molecule has 2 amide bonds. The van der Waals surface area contributed by atoms with E-state index in [0.717, 1.165) is 10.5 Å². The summed E-state index contributed by atoms with van der Waals surface area (Å²) in [5.41, 5.74) is 0.364. The lowest BCUT2D eigenvalue weighted by atomic mass is 9.96. The number of carbonyl (C=O) groups excluding carboxylic acids is 2. The Morgan fingerprint density at radius 3 is 2.33 bits per heavy atom. The number of ether oxygens (including phenoxy) is 1. The highest BCUT2D eigenvalue weighted by molar-refractivity contribution is 5.89. The molecule has 2 N–H and O–H groups in total. The Morgan fingerprint density at radius 1 is 1.19 bits per heavy atom. The summed E-state index contributed by atoms with van der Waals surface area (Å²) in [5.74, 6) is -4.30. The van der Waals surface area contributed by atoms with Gasteiger partial charge in [0, 0.05) is 19.4 Å². The van der Waals surface area contributed by atoms with Crippen LogP contribution in [0.2, 0.25) is 0 Å². The molecule has 1 atom stereocenters. The number of hydrogen-bond donors (Lipinski definition) is 2. The average molecular weight is 382 g/mol. The molecule has 0 bridgehead atoms. The Morgan fingerprint density at radius 2 is 1.81 bits per heavy atom. The first kappa shape index (κ1) is 19.1. The van der Waals surface area contributed by atoms with Gasteiger partial charge in [-0.25, -0.2) is 18.4 Å². The van der Waals surface area contributed by atoms with Gasteiger partial charge < -0.3 is 15.2 Å². The standard InChI is InChI=1S/C18H20F2N2O5/c1-27-15(24)11-2-4-12(5-3-11)17(6-7-17)21-14(23)13-10-18(19,20)8-9-22(13)16(25)26/h2-5,13H,6-10H2,1H3,(H,21,23)(H,25,26). The van der Waals surface area contributed by atoms with Gasteiger partial charge in [0.15, 0.2) is 0 Å². The zero-order valence-corrected chi connectivity index (χ0v) is 14.7. The van der Waals surface area contributed by atoms with Gasteiger partial charge in [-0.2, -0.15) is 0 Å². The fourth-order valence-electron chi connectivity index (χ4n) is 3.37. The highest BCUT2D eigenvalue weighted by atomic mass is 19.3.